The Balaban J connectivity index is 1.15. The first-order chi connectivity index (χ1) is 19.5. The Hall–Kier alpha value is -4.57. The molecule has 3 N–H and O–H groups in total. The highest BCUT2D eigenvalue weighted by atomic mass is 16.1. The second-order valence-electron chi connectivity index (χ2n) is 10.3. The molecular weight excluding hydrogens is 502 g/mol. The average molecular weight is 536 g/mol. The third-order valence-corrected chi connectivity index (χ3v) is 7.57. The number of nitrogen functional groups attached to an aromatic ring is 1. The molecule has 204 valence electrons. The highest BCUT2D eigenvalue weighted by Gasteiger charge is 2.22. The first-order valence-corrected chi connectivity index (χ1v) is 13.6. The predicted octanol–water partition coefficient (Wildman–Crippen LogP) is 2.76. The van der Waals surface area contributed by atoms with E-state index in [-0.39, 0.29) is 5.91 Å². The van der Waals surface area contributed by atoms with Gasteiger partial charge in [-0.3, -0.25) is 14.8 Å². The maximum atomic E-state index is 12.6. The van der Waals surface area contributed by atoms with Crippen molar-refractivity contribution in [3.8, 4) is 11.1 Å². The first kappa shape index (κ1) is 25.7. The summed E-state index contributed by atoms with van der Waals surface area (Å²) in [6.45, 7) is 5.83. The maximum absolute atomic E-state index is 12.6. The van der Waals surface area contributed by atoms with Crippen LogP contribution in [-0.4, -0.2) is 70.5 Å². The number of carbonyl (C=O) groups excluding carboxylic acids is 1. The molecule has 6 rings (SSSR count). The molecule has 3 aromatic heterocycles. The molecule has 2 aliphatic heterocycles. The standard InChI is InChI=1S/C30H33N9O/c1-37-12-14-38(15-13-37)27-17-28(36-30(31)35-27)39-11-9-21-5-6-22(16-24(21)20-39)23-7-8-26(33-18-23)29(40)34-19-25-4-2-3-10-32-25/h2-8,10,16-18H,9,11-15,19-20H2,1H3,(H,34,40)(H2,31,35,36). The number of nitrogens with two attached hydrogens (primary N) is 1. The fraction of sp³-hybridized carbons (Fsp3) is 0.300. The Labute approximate surface area is 233 Å². The van der Waals surface area contributed by atoms with Crippen LogP contribution in [0.4, 0.5) is 17.6 Å². The van der Waals surface area contributed by atoms with Crippen molar-refractivity contribution in [3.63, 3.8) is 0 Å². The summed E-state index contributed by atoms with van der Waals surface area (Å²) in [5, 5.41) is 2.87. The smallest absolute Gasteiger partial charge is 0.270 e. The summed E-state index contributed by atoms with van der Waals surface area (Å²) in [5.74, 6) is 1.84. The first-order valence-electron chi connectivity index (χ1n) is 13.6. The number of carbonyl (C=O) groups is 1. The molecule has 0 saturated carbocycles. The number of benzene rings is 1. The second-order valence-corrected chi connectivity index (χ2v) is 10.3. The lowest BCUT2D eigenvalue weighted by atomic mass is 9.95. The molecule has 10 nitrogen and oxygen atoms in total. The van der Waals surface area contributed by atoms with E-state index >= 15 is 0 Å². The van der Waals surface area contributed by atoms with Gasteiger partial charge in [0.1, 0.15) is 17.3 Å². The maximum Gasteiger partial charge on any atom is 0.270 e. The van der Waals surface area contributed by atoms with E-state index in [0.717, 1.165) is 74.1 Å². The third-order valence-electron chi connectivity index (χ3n) is 7.57. The minimum atomic E-state index is -0.224. The van der Waals surface area contributed by atoms with Gasteiger partial charge in [0.15, 0.2) is 0 Å². The van der Waals surface area contributed by atoms with E-state index in [4.69, 9.17) is 5.73 Å². The van der Waals surface area contributed by atoms with Crippen molar-refractivity contribution in [1.82, 2.24) is 30.2 Å². The van der Waals surface area contributed by atoms with Crippen molar-refractivity contribution >= 4 is 23.5 Å². The number of hydrogen-bond donors (Lipinski definition) is 2. The molecule has 1 aromatic carbocycles. The van der Waals surface area contributed by atoms with Gasteiger partial charge in [0, 0.05) is 63.3 Å². The number of nitrogens with one attached hydrogen (secondary N) is 1. The molecule has 0 unspecified atom stereocenters. The molecule has 0 radical (unpaired) electrons. The largest absolute Gasteiger partial charge is 0.368 e. The SMILES string of the molecule is CN1CCN(c2cc(N3CCc4ccc(-c5ccc(C(=O)NCc6ccccn6)nc5)cc4C3)nc(N)n2)CC1. The molecule has 1 fully saturated rings. The van der Waals surface area contributed by atoms with Gasteiger partial charge in [-0.05, 0) is 54.4 Å². The van der Waals surface area contributed by atoms with Crippen LogP contribution in [0.1, 0.15) is 27.3 Å². The Morgan fingerprint density at radius 3 is 2.42 bits per heavy atom. The summed E-state index contributed by atoms with van der Waals surface area (Å²) in [4.78, 5) is 37.2. The van der Waals surface area contributed by atoms with Gasteiger partial charge in [-0.15, -0.1) is 0 Å². The molecule has 0 spiro atoms. The molecule has 1 saturated heterocycles. The molecule has 40 heavy (non-hydrogen) atoms. The summed E-state index contributed by atoms with van der Waals surface area (Å²) in [5.41, 5.74) is 11.9. The zero-order valence-electron chi connectivity index (χ0n) is 22.6. The molecule has 4 aromatic rings. The average Bonchev–Trinajstić information content (AvgIpc) is 3.00. The summed E-state index contributed by atoms with van der Waals surface area (Å²) < 4.78 is 0. The number of amides is 1. The van der Waals surface area contributed by atoms with E-state index in [9.17, 15) is 4.79 Å². The van der Waals surface area contributed by atoms with Crippen molar-refractivity contribution in [1.29, 1.82) is 0 Å². The van der Waals surface area contributed by atoms with E-state index in [1.807, 2.05) is 24.3 Å². The minimum Gasteiger partial charge on any atom is -0.368 e. The number of aromatic nitrogens is 4. The number of likely N-dealkylation sites (N-methyl/N-ethyl adjacent to an activating group) is 1. The van der Waals surface area contributed by atoms with Gasteiger partial charge in [0.2, 0.25) is 5.95 Å². The van der Waals surface area contributed by atoms with E-state index < -0.39 is 0 Å². The molecular formula is C30H33N9O. The molecule has 2 aliphatic rings. The van der Waals surface area contributed by atoms with Crippen LogP contribution >= 0.6 is 0 Å². The van der Waals surface area contributed by atoms with Crippen LogP contribution in [0.2, 0.25) is 0 Å². The number of rotatable bonds is 6. The zero-order valence-corrected chi connectivity index (χ0v) is 22.6. The van der Waals surface area contributed by atoms with Gasteiger partial charge in [-0.1, -0.05) is 24.3 Å². The lowest BCUT2D eigenvalue weighted by molar-refractivity contribution is 0.0945. The van der Waals surface area contributed by atoms with E-state index in [1.165, 1.54) is 11.1 Å². The number of nitrogens with zero attached hydrogens (tertiary/aromatic N) is 7. The lowest BCUT2D eigenvalue weighted by Crippen LogP contribution is -2.45. The molecule has 5 heterocycles. The lowest BCUT2D eigenvalue weighted by Gasteiger charge is -2.34. The fourth-order valence-corrected chi connectivity index (χ4v) is 5.19. The summed E-state index contributed by atoms with van der Waals surface area (Å²) in [7, 11) is 2.14. The van der Waals surface area contributed by atoms with Crippen LogP contribution in [0.15, 0.2) is 67.0 Å². The van der Waals surface area contributed by atoms with Gasteiger partial charge in [-0.25, -0.2) is 0 Å². The second kappa shape index (κ2) is 11.3. The van der Waals surface area contributed by atoms with Crippen LogP contribution in [0.5, 0.6) is 0 Å². The number of pyridine rings is 2. The zero-order chi connectivity index (χ0) is 27.5. The van der Waals surface area contributed by atoms with Gasteiger partial charge in [-0.2, -0.15) is 9.97 Å². The van der Waals surface area contributed by atoms with Crippen molar-refractivity contribution in [2.45, 2.75) is 19.5 Å². The topological polar surface area (TPSA) is 116 Å². The Kier molecular flexibility index (Phi) is 7.24. The van der Waals surface area contributed by atoms with Crippen LogP contribution in [-0.2, 0) is 19.5 Å². The molecule has 1 amide bonds. The van der Waals surface area contributed by atoms with Crippen molar-refractivity contribution < 1.29 is 4.79 Å². The Morgan fingerprint density at radius 2 is 1.68 bits per heavy atom. The number of hydrogen-bond acceptors (Lipinski definition) is 9. The van der Waals surface area contributed by atoms with E-state index in [2.05, 4.69) is 71.3 Å². The molecule has 10 heteroatoms. The van der Waals surface area contributed by atoms with Crippen molar-refractivity contribution in [3.05, 3.63) is 89.5 Å². The van der Waals surface area contributed by atoms with Crippen molar-refractivity contribution in [2.75, 3.05) is 55.3 Å². The summed E-state index contributed by atoms with van der Waals surface area (Å²) in [6, 6.07) is 17.9. The number of piperazine rings is 1. The van der Waals surface area contributed by atoms with Gasteiger partial charge in [0.25, 0.3) is 5.91 Å². The van der Waals surface area contributed by atoms with Gasteiger partial charge in [0.05, 0.1) is 12.2 Å². The Bertz CT molecular complexity index is 1490. The van der Waals surface area contributed by atoms with Crippen molar-refractivity contribution in [2.24, 2.45) is 0 Å². The fourth-order valence-electron chi connectivity index (χ4n) is 5.19. The van der Waals surface area contributed by atoms with E-state index in [0.29, 0.717) is 18.2 Å². The molecule has 0 aliphatic carbocycles. The van der Waals surface area contributed by atoms with Gasteiger partial charge >= 0.3 is 0 Å². The number of fused-ring (bicyclic) bond motifs is 1. The van der Waals surface area contributed by atoms with Gasteiger partial charge < -0.3 is 25.8 Å². The Morgan fingerprint density at radius 1 is 0.875 bits per heavy atom. The summed E-state index contributed by atoms with van der Waals surface area (Å²) in [6.07, 6.45) is 4.39. The number of anilines is 3. The predicted molar refractivity (Wildman–Crippen MR) is 156 cm³/mol. The monoisotopic (exact) mass is 535 g/mol. The summed E-state index contributed by atoms with van der Waals surface area (Å²) >= 11 is 0. The third kappa shape index (κ3) is 5.72. The molecule has 0 bridgehead atoms. The van der Waals surface area contributed by atoms with Crippen LogP contribution in [0.3, 0.4) is 0 Å². The quantitative estimate of drug-likeness (QED) is 0.384. The van der Waals surface area contributed by atoms with Crippen LogP contribution in [0.25, 0.3) is 11.1 Å². The van der Waals surface area contributed by atoms with Crippen LogP contribution in [0, 0.1) is 0 Å². The van der Waals surface area contributed by atoms with E-state index in [1.54, 1.807) is 18.5 Å². The highest BCUT2D eigenvalue weighted by molar-refractivity contribution is 5.92. The highest BCUT2D eigenvalue weighted by Crippen LogP contribution is 2.30. The minimum absolute atomic E-state index is 0.224. The molecule has 0 atom stereocenters. The van der Waals surface area contributed by atoms with Crippen LogP contribution < -0.4 is 20.9 Å². The normalized spacial score (nSPS) is 15.5.